The highest BCUT2D eigenvalue weighted by Gasteiger charge is 2.07. The molecule has 5 nitrogen and oxygen atoms in total. The van der Waals surface area contributed by atoms with Gasteiger partial charge in [-0.05, 0) is 46.9 Å². The first kappa shape index (κ1) is 14.4. The van der Waals surface area contributed by atoms with Gasteiger partial charge in [-0.2, -0.15) is 0 Å². The van der Waals surface area contributed by atoms with Gasteiger partial charge in [-0.15, -0.1) is 11.3 Å². The molecule has 2 aromatic rings. The highest BCUT2D eigenvalue weighted by Crippen LogP contribution is 2.21. The molecule has 3 N–H and O–H groups in total. The summed E-state index contributed by atoms with van der Waals surface area (Å²) < 4.78 is 1.15. The number of aryl methyl sites for hydroxylation is 1. The average molecular weight is 342 g/mol. The standard InChI is InChI=1S/C12H16BrN5S/c1-8-3-11(17-14)16-12(15-8)6-18(2)5-9-4-10(13)19-7-9/h3-4,7H,5-6,14H2,1-2H3,(H,15,16,17). The van der Waals surface area contributed by atoms with Crippen LogP contribution < -0.4 is 11.3 Å². The van der Waals surface area contributed by atoms with Crippen LogP contribution in [-0.4, -0.2) is 21.9 Å². The number of hydrazine groups is 1. The maximum Gasteiger partial charge on any atom is 0.145 e. The highest BCUT2D eigenvalue weighted by atomic mass is 79.9. The first-order valence-electron chi connectivity index (χ1n) is 5.79. The van der Waals surface area contributed by atoms with Gasteiger partial charge in [-0.1, -0.05) is 0 Å². The van der Waals surface area contributed by atoms with Crippen LogP contribution in [-0.2, 0) is 13.1 Å². The Kier molecular flexibility index (Phi) is 4.87. The number of hydrogen-bond acceptors (Lipinski definition) is 6. The van der Waals surface area contributed by atoms with Crippen LogP contribution in [0.5, 0.6) is 0 Å². The Morgan fingerprint density at radius 3 is 2.79 bits per heavy atom. The second-order valence-corrected chi connectivity index (χ2v) is 6.68. The third kappa shape index (κ3) is 4.24. The molecule has 0 atom stereocenters. The summed E-state index contributed by atoms with van der Waals surface area (Å²) in [5, 5.41) is 2.14. The van der Waals surface area contributed by atoms with E-state index in [1.165, 1.54) is 5.56 Å². The molecule has 7 heteroatoms. The highest BCUT2D eigenvalue weighted by molar-refractivity contribution is 9.11. The lowest BCUT2D eigenvalue weighted by atomic mass is 10.3. The fourth-order valence-electron chi connectivity index (χ4n) is 1.81. The number of rotatable bonds is 5. The number of nitrogens with one attached hydrogen (secondary N) is 1. The number of anilines is 1. The van der Waals surface area contributed by atoms with Crippen molar-refractivity contribution >= 4 is 33.1 Å². The van der Waals surface area contributed by atoms with E-state index in [0.29, 0.717) is 12.4 Å². The number of nitrogen functional groups attached to an aromatic ring is 1. The summed E-state index contributed by atoms with van der Waals surface area (Å²) in [6.07, 6.45) is 0. The van der Waals surface area contributed by atoms with E-state index in [4.69, 9.17) is 5.84 Å². The molecule has 102 valence electrons. The molecule has 2 heterocycles. The van der Waals surface area contributed by atoms with Crippen LogP contribution in [0.1, 0.15) is 17.1 Å². The van der Waals surface area contributed by atoms with Gasteiger partial charge in [0.05, 0.1) is 10.3 Å². The minimum absolute atomic E-state index is 0.647. The topological polar surface area (TPSA) is 67.1 Å². The van der Waals surface area contributed by atoms with Gasteiger partial charge < -0.3 is 5.43 Å². The summed E-state index contributed by atoms with van der Waals surface area (Å²) in [7, 11) is 2.05. The maximum atomic E-state index is 5.39. The lowest BCUT2D eigenvalue weighted by molar-refractivity contribution is 0.311. The van der Waals surface area contributed by atoms with Crippen LogP contribution in [0.25, 0.3) is 0 Å². The molecule has 0 aromatic carbocycles. The lowest BCUT2D eigenvalue weighted by Crippen LogP contribution is -2.20. The van der Waals surface area contributed by atoms with Crippen LogP contribution in [0, 0.1) is 6.92 Å². The van der Waals surface area contributed by atoms with E-state index in [1.807, 2.05) is 20.0 Å². The zero-order valence-electron chi connectivity index (χ0n) is 10.9. The van der Waals surface area contributed by atoms with Crippen molar-refractivity contribution in [3.63, 3.8) is 0 Å². The smallest absolute Gasteiger partial charge is 0.145 e. The van der Waals surface area contributed by atoms with E-state index in [9.17, 15) is 0 Å². The summed E-state index contributed by atoms with van der Waals surface area (Å²) in [6, 6.07) is 3.95. The van der Waals surface area contributed by atoms with Crippen LogP contribution in [0.15, 0.2) is 21.3 Å². The van der Waals surface area contributed by atoms with Gasteiger partial charge in [0.25, 0.3) is 0 Å². The van der Waals surface area contributed by atoms with Crippen molar-refractivity contribution in [3.05, 3.63) is 38.4 Å². The molecule has 2 aromatic heterocycles. The van der Waals surface area contributed by atoms with Gasteiger partial charge in [0.2, 0.25) is 0 Å². The molecular weight excluding hydrogens is 326 g/mol. The van der Waals surface area contributed by atoms with Gasteiger partial charge in [-0.3, -0.25) is 4.90 Å². The molecule has 0 bridgehead atoms. The Bertz CT molecular complexity index is 557. The molecule has 0 radical (unpaired) electrons. The molecule has 0 aliphatic carbocycles. The van der Waals surface area contributed by atoms with Crippen LogP contribution in [0.4, 0.5) is 5.82 Å². The lowest BCUT2D eigenvalue weighted by Gasteiger charge is -2.15. The first-order chi connectivity index (χ1) is 9.06. The molecule has 0 aliphatic heterocycles. The predicted octanol–water partition coefficient (Wildman–Crippen LogP) is 2.53. The maximum absolute atomic E-state index is 5.39. The number of halogens is 1. The molecule has 2 rings (SSSR count). The Balaban J connectivity index is 2.02. The third-order valence-electron chi connectivity index (χ3n) is 2.53. The summed E-state index contributed by atoms with van der Waals surface area (Å²) in [6.45, 7) is 3.48. The zero-order valence-corrected chi connectivity index (χ0v) is 13.3. The Morgan fingerprint density at radius 1 is 1.37 bits per heavy atom. The Labute approximate surface area is 125 Å². The summed E-state index contributed by atoms with van der Waals surface area (Å²) in [5.74, 6) is 6.80. The van der Waals surface area contributed by atoms with E-state index < -0.39 is 0 Å². The number of hydrogen-bond donors (Lipinski definition) is 2. The predicted molar refractivity (Wildman–Crippen MR) is 81.8 cm³/mol. The molecule has 0 fully saturated rings. The van der Waals surface area contributed by atoms with Gasteiger partial charge >= 0.3 is 0 Å². The average Bonchev–Trinajstić information content (AvgIpc) is 2.73. The van der Waals surface area contributed by atoms with Crippen molar-refractivity contribution < 1.29 is 0 Å². The summed E-state index contributed by atoms with van der Waals surface area (Å²) in [5.41, 5.74) is 4.75. The quantitative estimate of drug-likeness (QED) is 0.646. The molecule has 0 saturated carbocycles. The number of nitrogens with two attached hydrogens (primary N) is 1. The third-order valence-corrected chi connectivity index (χ3v) is 4.09. The van der Waals surface area contributed by atoms with Crippen molar-refractivity contribution in [1.82, 2.24) is 14.9 Å². The SMILES string of the molecule is Cc1cc(NN)nc(CN(C)Cc2csc(Br)c2)n1. The van der Waals surface area contributed by atoms with Gasteiger partial charge in [0.15, 0.2) is 0 Å². The van der Waals surface area contributed by atoms with Crippen LogP contribution >= 0.6 is 27.3 Å². The van der Waals surface area contributed by atoms with Crippen molar-refractivity contribution in [2.75, 3.05) is 12.5 Å². The van der Waals surface area contributed by atoms with Gasteiger partial charge in [0, 0.05) is 18.3 Å². The largest absolute Gasteiger partial charge is 0.308 e. The van der Waals surface area contributed by atoms with Gasteiger partial charge in [-0.25, -0.2) is 15.8 Å². The van der Waals surface area contributed by atoms with E-state index in [-0.39, 0.29) is 0 Å². The summed E-state index contributed by atoms with van der Waals surface area (Å²) in [4.78, 5) is 10.9. The molecule has 0 unspecified atom stereocenters. The van der Waals surface area contributed by atoms with Crippen molar-refractivity contribution in [2.24, 2.45) is 5.84 Å². The van der Waals surface area contributed by atoms with Crippen molar-refractivity contribution in [2.45, 2.75) is 20.0 Å². The number of thiophene rings is 1. The van der Waals surface area contributed by atoms with Crippen LogP contribution in [0.2, 0.25) is 0 Å². The van der Waals surface area contributed by atoms with Crippen molar-refractivity contribution in [3.8, 4) is 0 Å². The van der Waals surface area contributed by atoms with E-state index >= 15 is 0 Å². The molecule has 0 aliphatic rings. The Hall–Kier alpha value is -1.02. The van der Waals surface area contributed by atoms with E-state index in [0.717, 1.165) is 21.8 Å². The second kappa shape index (κ2) is 6.42. The summed E-state index contributed by atoms with van der Waals surface area (Å²) >= 11 is 5.16. The minimum Gasteiger partial charge on any atom is -0.308 e. The van der Waals surface area contributed by atoms with Crippen molar-refractivity contribution in [1.29, 1.82) is 0 Å². The fourth-order valence-corrected chi connectivity index (χ4v) is 3.01. The first-order valence-corrected chi connectivity index (χ1v) is 7.46. The van der Waals surface area contributed by atoms with Gasteiger partial charge in [0.1, 0.15) is 11.6 Å². The minimum atomic E-state index is 0.647. The number of aromatic nitrogens is 2. The Morgan fingerprint density at radius 2 is 2.16 bits per heavy atom. The molecular formula is C12H16BrN5S. The molecule has 0 amide bonds. The zero-order chi connectivity index (χ0) is 13.8. The molecule has 19 heavy (non-hydrogen) atoms. The fraction of sp³-hybridized carbons (Fsp3) is 0.333. The number of nitrogens with zero attached hydrogens (tertiary/aromatic N) is 3. The monoisotopic (exact) mass is 341 g/mol. The molecule has 0 saturated heterocycles. The molecule has 0 spiro atoms. The second-order valence-electron chi connectivity index (χ2n) is 4.39. The van der Waals surface area contributed by atoms with E-state index in [2.05, 4.69) is 47.7 Å². The normalized spacial score (nSPS) is 11.0. The van der Waals surface area contributed by atoms with E-state index in [1.54, 1.807) is 11.3 Å². The van der Waals surface area contributed by atoms with Crippen LogP contribution in [0.3, 0.4) is 0 Å².